The number of hydrogen-bond donors (Lipinski definition) is 1. The zero-order valence-electron chi connectivity index (χ0n) is 17.1. The van der Waals surface area contributed by atoms with Gasteiger partial charge in [0.1, 0.15) is 5.75 Å². The van der Waals surface area contributed by atoms with Crippen molar-refractivity contribution in [1.29, 1.82) is 0 Å². The Balaban J connectivity index is 1.60. The van der Waals surface area contributed by atoms with Crippen molar-refractivity contribution in [3.63, 3.8) is 0 Å². The molecule has 164 valence electrons. The minimum Gasteiger partial charge on any atom is -0.494 e. The van der Waals surface area contributed by atoms with Crippen molar-refractivity contribution in [3.8, 4) is 11.4 Å². The van der Waals surface area contributed by atoms with Crippen LogP contribution in [0.15, 0.2) is 64.4 Å². The first kappa shape index (κ1) is 21.7. The molecular weight excluding hydrogens is 452 g/mol. The monoisotopic (exact) mass is 470 g/mol. The number of sulfone groups is 1. The molecule has 0 atom stereocenters. The van der Waals surface area contributed by atoms with Crippen molar-refractivity contribution in [1.82, 2.24) is 14.8 Å². The molecule has 0 aliphatic rings. The molecule has 32 heavy (non-hydrogen) atoms. The van der Waals surface area contributed by atoms with Gasteiger partial charge >= 0.3 is 0 Å². The number of anilines is 1. The van der Waals surface area contributed by atoms with E-state index in [0.717, 1.165) is 17.6 Å². The average molecular weight is 471 g/mol. The zero-order chi connectivity index (χ0) is 22.9. The van der Waals surface area contributed by atoms with Crippen LogP contribution in [0.3, 0.4) is 0 Å². The Hall–Kier alpha value is -3.57. The third-order valence-electron chi connectivity index (χ3n) is 4.44. The van der Waals surface area contributed by atoms with Gasteiger partial charge in [0.15, 0.2) is 20.7 Å². The summed E-state index contributed by atoms with van der Waals surface area (Å²) >= 11 is 1.11. The summed E-state index contributed by atoms with van der Waals surface area (Å²) in [7, 11) is -3.36. The van der Waals surface area contributed by atoms with Gasteiger partial charge in [-0.05, 0) is 49.4 Å². The maximum atomic E-state index is 12.7. The number of rotatable bonds is 6. The zero-order valence-corrected chi connectivity index (χ0v) is 18.7. The number of aromatic nitrogens is 3. The molecule has 1 N–H and O–H groups in total. The number of hydrogen-bond acceptors (Lipinski definition) is 8. The summed E-state index contributed by atoms with van der Waals surface area (Å²) in [6, 6.07) is 12.8. The molecule has 11 heteroatoms. The first-order chi connectivity index (χ1) is 15.2. The molecule has 0 saturated carbocycles. The van der Waals surface area contributed by atoms with Crippen molar-refractivity contribution in [2.45, 2.75) is 11.8 Å². The Morgan fingerprint density at radius 2 is 1.91 bits per heavy atom. The third-order valence-corrected chi connectivity index (χ3v) is 6.49. The predicted octanol–water partition coefficient (Wildman–Crippen LogP) is 2.90. The van der Waals surface area contributed by atoms with Gasteiger partial charge in [-0.15, -0.1) is 0 Å². The Bertz CT molecular complexity index is 1470. The summed E-state index contributed by atoms with van der Waals surface area (Å²) in [6.07, 6.45) is 2.59. The lowest BCUT2D eigenvalue weighted by Gasteiger charge is -2.08. The van der Waals surface area contributed by atoms with Crippen molar-refractivity contribution >= 4 is 42.4 Å². The Labute approximate surface area is 187 Å². The molecular formula is C21H18N4O5S2. The molecule has 2 aromatic carbocycles. The number of benzene rings is 2. The number of carbonyl (C=O) groups is 1. The summed E-state index contributed by atoms with van der Waals surface area (Å²) in [5.74, 6) is -0.0113. The second-order valence-corrected chi connectivity index (χ2v) is 9.82. The van der Waals surface area contributed by atoms with Gasteiger partial charge < -0.3 is 4.74 Å². The smallest absolute Gasteiger partial charge is 0.281 e. The van der Waals surface area contributed by atoms with Crippen molar-refractivity contribution < 1.29 is 17.9 Å². The summed E-state index contributed by atoms with van der Waals surface area (Å²) in [5, 5.41) is 6.97. The van der Waals surface area contributed by atoms with Crippen LogP contribution in [0, 0.1) is 0 Å². The fourth-order valence-electron chi connectivity index (χ4n) is 2.92. The molecule has 0 spiro atoms. The van der Waals surface area contributed by atoms with E-state index in [1.807, 2.05) is 6.92 Å². The SMILES string of the molecule is CCOc1ccc(-n2ccc(=O)c(C(=O)Nc3nc4ccc(S(C)(=O)=O)cc4s3)n2)cc1. The van der Waals surface area contributed by atoms with E-state index in [4.69, 9.17) is 4.74 Å². The van der Waals surface area contributed by atoms with E-state index in [-0.39, 0.29) is 15.7 Å². The topological polar surface area (TPSA) is 120 Å². The molecule has 2 heterocycles. The van der Waals surface area contributed by atoms with Crippen molar-refractivity contribution in [2.75, 3.05) is 18.2 Å². The second-order valence-electron chi connectivity index (χ2n) is 6.77. The van der Waals surface area contributed by atoms with E-state index >= 15 is 0 Å². The van der Waals surface area contributed by atoms with Gasteiger partial charge in [-0.25, -0.2) is 18.1 Å². The van der Waals surface area contributed by atoms with Crippen molar-refractivity contribution in [2.24, 2.45) is 0 Å². The third kappa shape index (κ3) is 4.53. The van der Waals surface area contributed by atoms with E-state index in [2.05, 4.69) is 15.4 Å². The molecule has 1 amide bonds. The van der Waals surface area contributed by atoms with Crippen LogP contribution in [0.4, 0.5) is 5.13 Å². The lowest BCUT2D eigenvalue weighted by atomic mass is 10.3. The maximum absolute atomic E-state index is 12.7. The van der Waals surface area contributed by atoms with Crippen LogP contribution >= 0.6 is 11.3 Å². The fourth-order valence-corrected chi connectivity index (χ4v) is 4.54. The molecule has 0 radical (unpaired) electrons. The lowest BCUT2D eigenvalue weighted by molar-refractivity contribution is 0.101. The number of nitrogens with zero attached hydrogens (tertiary/aromatic N) is 3. The Morgan fingerprint density at radius 1 is 1.16 bits per heavy atom. The number of amides is 1. The highest BCUT2D eigenvalue weighted by molar-refractivity contribution is 7.90. The number of fused-ring (bicyclic) bond motifs is 1. The maximum Gasteiger partial charge on any atom is 0.281 e. The molecule has 9 nitrogen and oxygen atoms in total. The predicted molar refractivity (Wildman–Crippen MR) is 122 cm³/mol. The highest BCUT2D eigenvalue weighted by atomic mass is 32.2. The molecule has 0 aliphatic heterocycles. The fraction of sp³-hybridized carbons (Fsp3) is 0.143. The summed E-state index contributed by atoms with van der Waals surface area (Å²) in [4.78, 5) is 29.4. The first-order valence-electron chi connectivity index (χ1n) is 9.50. The van der Waals surface area contributed by atoms with E-state index in [0.29, 0.717) is 28.3 Å². The van der Waals surface area contributed by atoms with E-state index in [9.17, 15) is 18.0 Å². The van der Waals surface area contributed by atoms with Gasteiger partial charge in [-0.2, -0.15) is 5.10 Å². The van der Waals surface area contributed by atoms with Gasteiger partial charge in [-0.1, -0.05) is 11.3 Å². The van der Waals surface area contributed by atoms with Crippen LogP contribution in [0.25, 0.3) is 15.9 Å². The molecule has 4 rings (SSSR count). The van der Waals surface area contributed by atoms with Crippen LogP contribution in [0.2, 0.25) is 0 Å². The Kier molecular flexibility index (Phi) is 5.76. The molecule has 4 aromatic rings. The van der Waals surface area contributed by atoms with Gasteiger partial charge in [-0.3, -0.25) is 14.9 Å². The van der Waals surface area contributed by atoms with E-state index < -0.39 is 21.2 Å². The summed E-state index contributed by atoms with van der Waals surface area (Å²) in [5.41, 5.74) is 0.351. The molecule has 2 aromatic heterocycles. The van der Waals surface area contributed by atoms with Crippen molar-refractivity contribution in [3.05, 3.63) is 70.6 Å². The van der Waals surface area contributed by atoms with E-state index in [1.54, 1.807) is 30.3 Å². The molecule has 0 aliphatic carbocycles. The van der Waals surface area contributed by atoms with Crippen LogP contribution in [0.1, 0.15) is 17.4 Å². The van der Waals surface area contributed by atoms with Crippen LogP contribution < -0.4 is 15.5 Å². The summed E-state index contributed by atoms with van der Waals surface area (Å²) < 4.78 is 30.9. The van der Waals surface area contributed by atoms with Gasteiger partial charge in [0, 0.05) is 18.5 Å². The van der Waals surface area contributed by atoms with Gasteiger partial charge in [0.25, 0.3) is 5.91 Å². The highest BCUT2D eigenvalue weighted by Crippen LogP contribution is 2.28. The number of thiazole rings is 1. The van der Waals surface area contributed by atoms with Crippen LogP contribution in [-0.2, 0) is 9.84 Å². The highest BCUT2D eigenvalue weighted by Gasteiger charge is 2.17. The number of nitrogens with one attached hydrogen (secondary N) is 1. The first-order valence-corrected chi connectivity index (χ1v) is 12.2. The average Bonchev–Trinajstić information content (AvgIpc) is 3.15. The number of carbonyl (C=O) groups excluding carboxylic acids is 1. The quantitative estimate of drug-likeness (QED) is 0.460. The van der Waals surface area contributed by atoms with E-state index in [1.165, 1.54) is 29.1 Å². The summed E-state index contributed by atoms with van der Waals surface area (Å²) in [6.45, 7) is 2.43. The van der Waals surface area contributed by atoms with Gasteiger partial charge in [0.05, 0.1) is 27.4 Å². The second kappa shape index (κ2) is 8.52. The standard InChI is InChI=1S/C21H18N4O5S2/c1-3-30-14-6-4-13(5-7-14)25-11-10-17(26)19(24-25)20(27)23-21-22-16-9-8-15(32(2,28)29)12-18(16)31-21/h4-12H,3H2,1-2H3,(H,22,23,27). The molecule has 0 saturated heterocycles. The van der Waals surface area contributed by atoms with Crippen LogP contribution in [0.5, 0.6) is 5.75 Å². The molecule has 0 unspecified atom stereocenters. The van der Waals surface area contributed by atoms with Gasteiger partial charge in [0.2, 0.25) is 5.43 Å². The molecule has 0 bridgehead atoms. The largest absolute Gasteiger partial charge is 0.494 e. The van der Waals surface area contributed by atoms with Crippen LogP contribution in [-0.4, -0.2) is 42.0 Å². The number of ether oxygens (including phenoxy) is 1. The lowest BCUT2D eigenvalue weighted by Crippen LogP contribution is -2.25. The minimum atomic E-state index is -3.36. The molecule has 0 fully saturated rings. The normalized spacial score (nSPS) is 11.4. The minimum absolute atomic E-state index is 0.162. The Morgan fingerprint density at radius 3 is 2.59 bits per heavy atom.